The molecule has 0 saturated heterocycles. The smallest absolute Gasteiger partial charge is 0.380 e. The third-order valence-electron chi connectivity index (χ3n) is 5.76. The molecular weight excluding hydrogens is 533 g/mol. The normalized spacial score (nSPS) is 11.7. The standard InChI is InChI=1S/C28H20BrF3N2S/c29-21-14-23(35-17-21)16-33-22-9-4-8-19(13-22)26-20(12-18-6-2-1-3-7-18)15-34-27-24(26)10-5-11-25(27)28(30,31)32/h1-11,13-15,17,33H,12,16H2. The fraction of sp³-hybridized carbons (Fsp3) is 0.107. The molecule has 35 heavy (non-hydrogen) atoms. The van der Waals surface area contributed by atoms with Crippen molar-refractivity contribution in [2.45, 2.75) is 19.1 Å². The van der Waals surface area contributed by atoms with Gasteiger partial charge in [-0.25, -0.2) is 0 Å². The Kier molecular flexibility index (Phi) is 6.62. The lowest BCUT2D eigenvalue weighted by Gasteiger charge is -2.17. The van der Waals surface area contributed by atoms with E-state index < -0.39 is 11.7 Å². The average Bonchev–Trinajstić information content (AvgIpc) is 3.27. The molecule has 0 aliphatic rings. The SMILES string of the molecule is FC(F)(F)c1cccc2c(-c3cccc(NCc4cc(Br)cs4)c3)c(Cc3ccccc3)cnc12. The van der Waals surface area contributed by atoms with Crippen molar-refractivity contribution in [1.29, 1.82) is 0 Å². The van der Waals surface area contributed by atoms with Crippen molar-refractivity contribution in [1.82, 2.24) is 4.98 Å². The molecule has 2 nitrogen and oxygen atoms in total. The summed E-state index contributed by atoms with van der Waals surface area (Å²) < 4.78 is 42.4. The van der Waals surface area contributed by atoms with Crippen LogP contribution in [0, 0.1) is 0 Å². The van der Waals surface area contributed by atoms with E-state index in [-0.39, 0.29) is 5.52 Å². The van der Waals surface area contributed by atoms with E-state index in [1.54, 1.807) is 23.6 Å². The van der Waals surface area contributed by atoms with Crippen LogP contribution in [0.2, 0.25) is 0 Å². The molecule has 1 N–H and O–H groups in total. The zero-order valence-corrected chi connectivity index (χ0v) is 20.8. The van der Waals surface area contributed by atoms with Crippen LogP contribution in [0.1, 0.15) is 21.6 Å². The summed E-state index contributed by atoms with van der Waals surface area (Å²) in [4.78, 5) is 5.47. The van der Waals surface area contributed by atoms with Gasteiger partial charge < -0.3 is 5.32 Å². The molecule has 0 bridgehead atoms. The summed E-state index contributed by atoms with van der Waals surface area (Å²) >= 11 is 5.13. The maximum atomic E-state index is 13.8. The van der Waals surface area contributed by atoms with Gasteiger partial charge in [-0.2, -0.15) is 13.2 Å². The number of pyridine rings is 1. The summed E-state index contributed by atoms with van der Waals surface area (Å²) in [5.41, 5.74) is 3.71. The van der Waals surface area contributed by atoms with Crippen LogP contribution in [-0.2, 0) is 19.1 Å². The molecule has 2 heterocycles. The second kappa shape index (κ2) is 9.84. The number of anilines is 1. The number of fused-ring (bicyclic) bond motifs is 1. The van der Waals surface area contributed by atoms with Gasteiger partial charge in [0.2, 0.25) is 0 Å². The summed E-state index contributed by atoms with van der Waals surface area (Å²) in [5, 5.41) is 5.96. The molecule has 0 amide bonds. The molecule has 0 saturated carbocycles. The number of para-hydroxylation sites is 1. The van der Waals surface area contributed by atoms with E-state index in [4.69, 9.17) is 0 Å². The van der Waals surface area contributed by atoms with E-state index in [1.807, 2.05) is 60.0 Å². The highest BCUT2D eigenvalue weighted by Crippen LogP contribution is 2.39. The molecule has 2 aromatic heterocycles. The summed E-state index contributed by atoms with van der Waals surface area (Å²) in [7, 11) is 0. The van der Waals surface area contributed by atoms with Crippen molar-refractivity contribution < 1.29 is 13.2 Å². The van der Waals surface area contributed by atoms with Gasteiger partial charge in [-0.15, -0.1) is 11.3 Å². The van der Waals surface area contributed by atoms with E-state index in [2.05, 4.69) is 32.3 Å². The van der Waals surface area contributed by atoms with Crippen molar-refractivity contribution in [3.63, 3.8) is 0 Å². The fourth-order valence-electron chi connectivity index (χ4n) is 4.20. The third kappa shape index (κ3) is 5.26. The topological polar surface area (TPSA) is 24.9 Å². The van der Waals surface area contributed by atoms with Crippen molar-refractivity contribution in [2.75, 3.05) is 5.32 Å². The van der Waals surface area contributed by atoms with Gasteiger partial charge in [-0.1, -0.05) is 54.6 Å². The van der Waals surface area contributed by atoms with Crippen molar-refractivity contribution in [3.05, 3.63) is 116 Å². The lowest BCUT2D eigenvalue weighted by Crippen LogP contribution is -2.07. The first-order valence-corrected chi connectivity index (χ1v) is 12.6. The minimum atomic E-state index is -4.48. The molecule has 0 aliphatic heterocycles. The van der Waals surface area contributed by atoms with E-state index in [1.165, 1.54) is 10.9 Å². The van der Waals surface area contributed by atoms with Gasteiger partial charge in [0.05, 0.1) is 11.1 Å². The second-order valence-corrected chi connectivity index (χ2v) is 10.1. The lowest BCUT2D eigenvalue weighted by molar-refractivity contribution is -0.136. The fourth-order valence-corrected chi connectivity index (χ4v) is 5.59. The number of halogens is 4. The monoisotopic (exact) mass is 552 g/mol. The lowest BCUT2D eigenvalue weighted by atomic mass is 9.91. The second-order valence-electron chi connectivity index (χ2n) is 8.19. The first kappa shape index (κ1) is 23.6. The molecule has 0 radical (unpaired) electrons. The number of nitrogens with zero attached hydrogens (tertiary/aromatic N) is 1. The number of nitrogens with one attached hydrogen (secondary N) is 1. The summed E-state index contributed by atoms with van der Waals surface area (Å²) in [6.45, 7) is 0.659. The van der Waals surface area contributed by atoms with Crippen LogP contribution in [0.5, 0.6) is 0 Å². The number of rotatable bonds is 6. The Morgan fingerprint density at radius 2 is 1.71 bits per heavy atom. The molecule has 5 aromatic rings. The van der Waals surface area contributed by atoms with Gasteiger partial charge in [-0.3, -0.25) is 4.98 Å². The average molecular weight is 553 g/mol. The molecule has 0 aliphatic carbocycles. The van der Waals surface area contributed by atoms with Crippen LogP contribution in [0.15, 0.2) is 94.9 Å². The number of hydrogen-bond acceptors (Lipinski definition) is 3. The van der Waals surface area contributed by atoms with Crippen molar-refractivity contribution in [2.24, 2.45) is 0 Å². The number of aromatic nitrogens is 1. The molecule has 0 unspecified atom stereocenters. The number of benzene rings is 3. The van der Waals surface area contributed by atoms with Gasteiger partial charge >= 0.3 is 6.18 Å². The first-order valence-electron chi connectivity index (χ1n) is 11.0. The van der Waals surface area contributed by atoms with E-state index >= 15 is 0 Å². The highest BCUT2D eigenvalue weighted by molar-refractivity contribution is 9.10. The van der Waals surface area contributed by atoms with Crippen LogP contribution < -0.4 is 5.32 Å². The zero-order chi connectivity index (χ0) is 24.4. The molecule has 0 fully saturated rings. The minimum Gasteiger partial charge on any atom is -0.380 e. The molecular formula is C28H20BrF3N2S. The summed E-state index contributed by atoms with van der Waals surface area (Å²) in [5.74, 6) is 0. The first-order chi connectivity index (χ1) is 16.9. The maximum absolute atomic E-state index is 13.8. The van der Waals surface area contributed by atoms with Gasteiger partial charge in [0, 0.05) is 38.5 Å². The third-order valence-corrected chi connectivity index (χ3v) is 7.46. The van der Waals surface area contributed by atoms with Crippen LogP contribution in [0.3, 0.4) is 0 Å². The van der Waals surface area contributed by atoms with Gasteiger partial charge in [-0.05, 0) is 68.9 Å². The highest BCUT2D eigenvalue weighted by Gasteiger charge is 2.33. The number of alkyl halides is 3. The van der Waals surface area contributed by atoms with Crippen molar-refractivity contribution >= 4 is 43.9 Å². The van der Waals surface area contributed by atoms with Crippen LogP contribution >= 0.6 is 27.3 Å². The molecule has 0 atom stereocenters. The Hall–Kier alpha value is -3.16. The Balaban J connectivity index is 1.62. The predicted octanol–water partition coefficient (Wildman–Crippen LogP) is 8.95. The van der Waals surface area contributed by atoms with Crippen LogP contribution in [-0.4, -0.2) is 4.98 Å². The Bertz CT molecular complexity index is 1480. The Morgan fingerprint density at radius 3 is 2.46 bits per heavy atom. The molecule has 0 spiro atoms. The van der Waals surface area contributed by atoms with E-state index in [0.29, 0.717) is 18.4 Å². The van der Waals surface area contributed by atoms with E-state index in [9.17, 15) is 13.2 Å². The molecule has 176 valence electrons. The summed E-state index contributed by atoms with van der Waals surface area (Å²) in [6, 6.07) is 24.0. The Morgan fingerprint density at radius 1 is 0.914 bits per heavy atom. The van der Waals surface area contributed by atoms with Gasteiger partial charge in [0.1, 0.15) is 0 Å². The molecule has 5 rings (SSSR count). The van der Waals surface area contributed by atoms with Gasteiger partial charge in [0.15, 0.2) is 0 Å². The largest absolute Gasteiger partial charge is 0.418 e. The molecule has 7 heteroatoms. The number of hydrogen-bond donors (Lipinski definition) is 1. The Labute approximate surface area is 213 Å². The van der Waals surface area contributed by atoms with Gasteiger partial charge in [0.25, 0.3) is 0 Å². The molecule has 3 aromatic carbocycles. The maximum Gasteiger partial charge on any atom is 0.418 e. The number of thiophene rings is 1. The highest BCUT2D eigenvalue weighted by atomic mass is 79.9. The van der Waals surface area contributed by atoms with Crippen molar-refractivity contribution in [3.8, 4) is 11.1 Å². The van der Waals surface area contributed by atoms with Crippen LogP contribution in [0.25, 0.3) is 22.0 Å². The quantitative estimate of drug-likeness (QED) is 0.227. The predicted molar refractivity (Wildman–Crippen MR) is 141 cm³/mol. The summed E-state index contributed by atoms with van der Waals surface area (Å²) in [6.07, 6.45) is -2.33. The van der Waals surface area contributed by atoms with Crippen LogP contribution in [0.4, 0.5) is 18.9 Å². The zero-order valence-electron chi connectivity index (χ0n) is 18.4. The minimum absolute atomic E-state index is 0.0337. The van der Waals surface area contributed by atoms with E-state index in [0.717, 1.165) is 38.5 Å².